The molecule has 1 atom stereocenters. The van der Waals surface area contributed by atoms with Gasteiger partial charge in [0.15, 0.2) is 5.66 Å². The van der Waals surface area contributed by atoms with Crippen LogP contribution in [0.2, 0.25) is 0 Å². The maximum absolute atomic E-state index is 13.6. The number of benzene rings is 3. The van der Waals surface area contributed by atoms with E-state index in [4.69, 9.17) is 0 Å². The normalized spacial score (nSPS) is 19.1. The molecule has 1 fully saturated rings. The minimum Gasteiger partial charge on any atom is -0.309 e. The standard InChI is InChI=1S/C25H21N3O4/c1-17-6-10-19(11-7-17)25-22-5-3-2-4-21(22)24(30)27(25)15-14-26(25)23(29)16-18-8-12-20(13-9-18)28(31)32/h2-13H,14-16H2,1H3. The molecule has 0 aliphatic carbocycles. The molecular formula is C25H21N3O4. The van der Waals surface area contributed by atoms with Gasteiger partial charge in [0.25, 0.3) is 11.6 Å². The first-order valence-electron chi connectivity index (χ1n) is 10.5. The number of hydrogen-bond acceptors (Lipinski definition) is 4. The van der Waals surface area contributed by atoms with E-state index in [1.807, 2.05) is 55.5 Å². The molecule has 2 amide bonds. The monoisotopic (exact) mass is 427 g/mol. The van der Waals surface area contributed by atoms with Crippen molar-refractivity contribution in [1.82, 2.24) is 9.80 Å². The summed E-state index contributed by atoms with van der Waals surface area (Å²) >= 11 is 0. The summed E-state index contributed by atoms with van der Waals surface area (Å²) in [4.78, 5) is 40.9. The van der Waals surface area contributed by atoms with Gasteiger partial charge in [0.2, 0.25) is 5.91 Å². The van der Waals surface area contributed by atoms with Gasteiger partial charge in [-0.05, 0) is 18.6 Å². The van der Waals surface area contributed by atoms with E-state index >= 15 is 0 Å². The highest BCUT2D eigenvalue weighted by Gasteiger charge is 2.59. The molecule has 0 aromatic heterocycles. The summed E-state index contributed by atoms with van der Waals surface area (Å²) in [7, 11) is 0. The van der Waals surface area contributed by atoms with Crippen LogP contribution in [-0.4, -0.2) is 39.6 Å². The van der Waals surface area contributed by atoms with Crippen molar-refractivity contribution < 1.29 is 14.5 Å². The number of non-ortho nitro benzene ring substituents is 1. The highest BCUT2D eigenvalue weighted by Crippen LogP contribution is 2.49. The molecule has 1 unspecified atom stereocenters. The third-order valence-corrected chi connectivity index (χ3v) is 6.36. The minimum absolute atomic E-state index is 0.0139. The maximum Gasteiger partial charge on any atom is 0.269 e. The van der Waals surface area contributed by atoms with Crippen LogP contribution in [0.1, 0.15) is 32.6 Å². The Kier molecular flexibility index (Phi) is 4.55. The van der Waals surface area contributed by atoms with Crippen molar-refractivity contribution in [2.45, 2.75) is 19.0 Å². The quantitative estimate of drug-likeness (QED) is 0.470. The van der Waals surface area contributed by atoms with Crippen molar-refractivity contribution in [3.8, 4) is 0 Å². The van der Waals surface area contributed by atoms with Crippen molar-refractivity contribution in [2.75, 3.05) is 13.1 Å². The number of aryl methyl sites for hydroxylation is 1. The molecule has 160 valence electrons. The van der Waals surface area contributed by atoms with Crippen LogP contribution in [0.15, 0.2) is 72.8 Å². The predicted octanol–water partition coefficient (Wildman–Crippen LogP) is 3.65. The van der Waals surface area contributed by atoms with Crippen LogP contribution in [0.3, 0.4) is 0 Å². The number of hydrogen-bond donors (Lipinski definition) is 0. The third kappa shape index (κ3) is 2.81. The highest BCUT2D eigenvalue weighted by atomic mass is 16.6. The number of nitrogens with zero attached hydrogens (tertiary/aromatic N) is 3. The van der Waals surface area contributed by atoms with Gasteiger partial charge in [0.05, 0.1) is 11.3 Å². The van der Waals surface area contributed by atoms with Gasteiger partial charge in [-0.15, -0.1) is 0 Å². The molecule has 7 nitrogen and oxygen atoms in total. The highest BCUT2D eigenvalue weighted by molar-refractivity contribution is 6.02. The number of nitro benzene ring substituents is 1. The Morgan fingerprint density at radius 3 is 2.38 bits per heavy atom. The first-order chi connectivity index (χ1) is 15.4. The number of amides is 2. The second kappa shape index (κ2) is 7.30. The van der Waals surface area contributed by atoms with Crippen LogP contribution < -0.4 is 0 Å². The van der Waals surface area contributed by atoms with Crippen LogP contribution in [0.4, 0.5) is 5.69 Å². The molecule has 0 N–H and O–H groups in total. The fraction of sp³-hybridized carbons (Fsp3) is 0.200. The number of nitro groups is 1. The Morgan fingerprint density at radius 2 is 1.69 bits per heavy atom. The van der Waals surface area contributed by atoms with Crippen molar-refractivity contribution in [3.63, 3.8) is 0 Å². The van der Waals surface area contributed by atoms with Crippen LogP contribution in [0.5, 0.6) is 0 Å². The van der Waals surface area contributed by atoms with Crippen molar-refractivity contribution in [2.24, 2.45) is 0 Å². The van der Waals surface area contributed by atoms with Gasteiger partial charge in [-0.2, -0.15) is 0 Å². The molecule has 0 radical (unpaired) electrons. The molecular weight excluding hydrogens is 406 g/mol. The zero-order valence-electron chi connectivity index (χ0n) is 17.5. The van der Waals surface area contributed by atoms with Gasteiger partial charge in [-0.1, -0.05) is 60.2 Å². The molecule has 2 heterocycles. The van der Waals surface area contributed by atoms with E-state index in [1.165, 1.54) is 12.1 Å². The molecule has 5 rings (SSSR count). The van der Waals surface area contributed by atoms with Crippen molar-refractivity contribution in [3.05, 3.63) is 111 Å². The summed E-state index contributed by atoms with van der Waals surface area (Å²) < 4.78 is 0. The second-order valence-corrected chi connectivity index (χ2v) is 8.19. The zero-order valence-corrected chi connectivity index (χ0v) is 17.5. The number of carbonyl (C=O) groups excluding carboxylic acids is 2. The molecule has 3 aromatic carbocycles. The topological polar surface area (TPSA) is 83.8 Å². The number of carbonyl (C=O) groups is 2. The Bertz CT molecular complexity index is 1240. The van der Waals surface area contributed by atoms with Crippen LogP contribution in [0, 0.1) is 17.0 Å². The molecule has 1 saturated heterocycles. The van der Waals surface area contributed by atoms with Gasteiger partial charge in [0.1, 0.15) is 0 Å². The molecule has 0 bridgehead atoms. The summed E-state index contributed by atoms with van der Waals surface area (Å²) in [5, 5.41) is 10.9. The summed E-state index contributed by atoms with van der Waals surface area (Å²) in [5.74, 6) is -0.210. The van der Waals surface area contributed by atoms with E-state index in [9.17, 15) is 19.7 Å². The Hall–Kier alpha value is -4.00. The molecule has 0 spiro atoms. The largest absolute Gasteiger partial charge is 0.309 e. The van der Waals surface area contributed by atoms with E-state index in [2.05, 4.69) is 0 Å². The molecule has 2 aliphatic rings. The number of rotatable bonds is 4. The van der Waals surface area contributed by atoms with Crippen LogP contribution in [0.25, 0.3) is 0 Å². The molecule has 0 saturated carbocycles. The van der Waals surface area contributed by atoms with Crippen molar-refractivity contribution in [1.29, 1.82) is 0 Å². The lowest BCUT2D eigenvalue weighted by atomic mass is 9.89. The van der Waals surface area contributed by atoms with E-state index in [0.717, 1.165) is 16.7 Å². The lowest BCUT2D eigenvalue weighted by Crippen LogP contribution is -2.52. The smallest absolute Gasteiger partial charge is 0.269 e. The Balaban J connectivity index is 1.59. The summed E-state index contributed by atoms with van der Waals surface area (Å²) in [6.07, 6.45) is 0.0931. The SMILES string of the molecule is Cc1ccc(C23c4ccccc4C(=O)N2CCN3C(=O)Cc2ccc([N+](=O)[O-])cc2)cc1. The van der Waals surface area contributed by atoms with E-state index in [-0.39, 0.29) is 23.9 Å². The fourth-order valence-electron chi connectivity index (χ4n) is 4.89. The van der Waals surface area contributed by atoms with Gasteiger partial charge < -0.3 is 9.80 Å². The predicted molar refractivity (Wildman–Crippen MR) is 118 cm³/mol. The fourth-order valence-corrected chi connectivity index (χ4v) is 4.89. The Labute approximate surface area is 185 Å². The van der Waals surface area contributed by atoms with Crippen LogP contribution >= 0.6 is 0 Å². The van der Waals surface area contributed by atoms with Crippen molar-refractivity contribution >= 4 is 17.5 Å². The van der Waals surface area contributed by atoms with Crippen LogP contribution in [-0.2, 0) is 16.9 Å². The van der Waals surface area contributed by atoms with E-state index in [0.29, 0.717) is 24.2 Å². The summed E-state index contributed by atoms with van der Waals surface area (Å²) in [6, 6.07) is 21.4. The summed E-state index contributed by atoms with van der Waals surface area (Å²) in [5.41, 5.74) is 3.08. The maximum atomic E-state index is 13.6. The molecule has 2 aliphatic heterocycles. The van der Waals surface area contributed by atoms with E-state index in [1.54, 1.807) is 21.9 Å². The van der Waals surface area contributed by atoms with Gasteiger partial charge in [0, 0.05) is 41.9 Å². The van der Waals surface area contributed by atoms with Gasteiger partial charge >= 0.3 is 0 Å². The number of fused-ring (bicyclic) bond motifs is 3. The van der Waals surface area contributed by atoms with E-state index < -0.39 is 10.6 Å². The lowest BCUT2D eigenvalue weighted by molar-refractivity contribution is -0.384. The second-order valence-electron chi connectivity index (χ2n) is 8.19. The summed E-state index contributed by atoms with van der Waals surface area (Å²) in [6.45, 7) is 2.85. The van der Waals surface area contributed by atoms with Gasteiger partial charge in [-0.3, -0.25) is 19.7 Å². The first kappa shape index (κ1) is 19.9. The first-order valence-corrected chi connectivity index (χ1v) is 10.5. The zero-order chi connectivity index (χ0) is 22.5. The lowest BCUT2D eigenvalue weighted by Gasteiger charge is -2.40. The molecule has 32 heavy (non-hydrogen) atoms. The Morgan fingerprint density at radius 1 is 1.00 bits per heavy atom. The average molecular weight is 427 g/mol. The molecule has 3 aromatic rings. The minimum atomic E-state index is -0.987. The third-order valence-electron chi connectivity index (χ3n) is 6.36. The molecule has 7 heteroatoms. The van der Waals surface area contributed by atoms with Gasteiger partial charge in [-0.25, -0.2) is 0 Å². The average Bonchev–Trinajstić information content (AvgIpc) is 3.30.